The predicted molar refractivity (Wildman–Crippen MR) is 79.6 cm³/mol. The van der Waals surface area contributed by atoms with Crippen LogP contribution in [0.2, 0.25) is 0 Å². The van der Waals surface area contributed by atoms with Gasteiger partial charge >= 0.3 is 0 Å². The van der Waals surface area contributed by atoms with Crippen molar-refractivity contribution in [3.63, 3.8) is 0 Å². The molecule has 0 aromatic heterocycles. The molecule has 2 nitrogen and oxygen atoms in total. The van der Waals surface area contributed by atoms with Crippen LogP contribution in [0.15, 0.2) is 48.5 Å². The smallest absolute Gasteiger partial charge is 0.228 e. The number of rotatable bonds is 5. The highest BCUT2D eigenvalue weighted by Gasteiger charge is 2.07. The fourth-order valence-corrected chi connectivity index (χ4v) is 2.10. The monoisotopic (exact) mass is 291 g/mol. The highest BCUT2D eigenvalue weighted by atomic mass is 35.5. The number of hydrogen-bond donors (Lipinski definition) is 1. The molecule has 20 heavy (non-hydrogen) atoms. The Bertz CT molecular complexity index is 583. The minimum atomic E-state index is -0.361. The van der Waals surface area contributed by atoms with E-state index >= 15 is 0 Å². The highest BCUT2D eigenvalue weighted by Crippen LogP contribution is 2.12. The van der Waals surface area contributed by atoms with Crippen molar-refractivity contribution in [2.75, 3.05) is 11.2 Å². The molecule has 0 aliphatic carbocycles. The Morgan fingerprint density at radius 3 is 2.45 bits per heavy atom. The molecule has 0 aliphatic heterocycles. The van der Waals surface area contributed by atoms with E-state index in [1.165, 1.54) is 6.07 Å². The van der Waals surface area contributed by atoms with Gasteiger partial charge in [0.25, 0.3) is 0 Å². The first-order chi connectivity index (χ1) is 9.69. The number of halogens is 2. The molecule has 0 unspecified atom stereocenters. The Morgan fingerprint density at radius 1 is 1.10 bits per heavy atom. The number of benzene rings is 2. The molecular weight excluding hydrogens is 277 g/mol. The number of carbonyl (C=O) groups is 1. The van der Waals surface area contributed by atoms with Gasteiger partial charge in [-0.1, -0.05) is 30.3 Å². The normalized spacial score (nSPS) is 10.3. The summed E-state index contributed by atoms with van der Waals surface area (Å²) in [5.74, 6) is -0.0285. The van der Waals surface area contributed by atoms with Crippen molar-refractivity contribution in [2.45, 2.75) is 12.8 Å². The van der Waals surface area contributed by atoms with Gasteiger partial charge in [-0.15, -0.1) is 11.6 Å². The molecule has 2 rings (SSSR count). The lowest BCUT2D eigenvalue weighted by atomic mass is 10.1. The van der Waals surface area contributed by atoms with Crippen LogP contribution in [0.4, 0.5) is 10.1 Å². The number of aryl methyl sites for hydroxylation is 1. The van der Waals surface area contributed by atoms with E-state index in [0.717, 1.165) is 12.0 Å². The molecule has 0 bridgehead atoms. The standard InChI is InChI=1S/C16H15ClFNO/c17-10-9-12-5-7-14(8-6-12)19-16(20)11-13-3-1-2-4-15(13)18/h1-8H,9-11H2,(H,19,20). The van der Waals surface area contributed by atoms with Crippen LogP contribution in [0.5, 0.6) is 0 Å². The number of carbonyl (C=O) groups excluding carboxylic acids is 1. The zero-order valence-electron chi connectivity index (χ0n) is 10.9. The van der Waals surface area contributed by atoms with E-state index in [-0.39, 0.29) is 18.1 Å². The molecule has 0 spiro atoms. The topological polar surface area (TPSA) is 29.1 Å². The van der Waals surface area contributed by atoms with Crippen molar-refractivity contribution >= 4 is 23.2 Å². The second-order valence-electron chi connectivity index (χ2n) is 4.45. The number of hydrogen-bond acceptors (Lipinski definition) is 1. The maximum Gasteiger partial charge on any atom is 0.228 e. The minimum absolute atomic E-state index is 0.0239. The molecule has 0 heterocycles. The fraction of sp³-hybridized carbons (Fsp3) is 0.188. The van der Waals surface area contributed by atoms with Gasteiger partial charge in [-0.3, -0.25) is 4.79 Å². The second-order valence-corrected chi connectivity index (χ2v) is 4.83. The van der Waals surface area contributed by atoms with Crippen LogP contribution >= 0.6 is 11.6 Å². The first-order valence-electron chi connectivity index (χ1n) is 6.37. The molecule has 0 aliphatic rings. The van der Waals surface area contributed by atoms with Gasteiger partial charge in [0.15, 0.2) is 0 Å². The molecule has 2 aromatic carbocycles. The number of anilines is 1. The van der Waals surface area contributed by atoms with Crippen LogP contribution in [-0.2, 0) is 17.6 Å². The average molecular weight is 292 g/mol. The molecule has 104 valence electrons. The summed E-state index contributed by atoms with van der Waals surface area (Å²) in [5.41, 5.74) is 2.21. The van der Waals surface area contributed by atoms with Crippen molar-refractivity contribution in [1.82, 2.24) is 0 Å². The number of amides is 1. The quantitative estimate of drug-likeness (QED) is 0.835. The predicted octanol–water partition coefficient (Wildman–Crippen LogP) is 3.79. The van der Waals surface area contributed by atoms with Gasteiger partial charge in [-0.25, -0.2) is 4.39 Å². The molecule has 0 radical (unpaired) electrons. The highest BCUT2D eigenvalue weighted by molar-refractivity contribution is 6.18. The van der Waals surface area contributed by atoms with Crippen LogP contribution in [0.1, 0.15) is 11.1 Å². The van der Waals surface area contributed by atoms with Crippen molar-refractivity contribution in [1.29, 1.82) is 0 Å². The van der Waals surface area contributed by atoms with E-state index in [4.69, 9.17) is 11.6 Å². The van der Waals surface area contributed by atoms with Crippen LogP contribution in [0.25, 0.3) is 0 Å². The number of nitrogens with one attached hydrogen (secondary N) is 1. The molecule has 4 heteroatoms. The van der Waals surface area contributed by atoms with E-state index in [0.29, 0.717) is 17.1 Å². The van der Waals surface area contributed by atoms with Crippen molar-refractivity contribution in [2.24, 2.45) is 0 Å². The van der Waals surface area contributed by atoms with Gasteiger partial charge in [-0.05, 0) is 35.7 Å². The van der Waals surface area contributed by atoms with Crippen molar-refractivity contribution in [3.05, 3.63) is 65.5 Å². The Morgan fingerprint density at radius 2 is 1.80 bits per heavy atom. The lowest BCUT2D eigenvalue weighted by Gasteiger charge is -2.07. The first-order valence-corrected chi connectivity index (χ1v) is 6.90. The van der Waals surface area contributed by atoms with Crippen molar-refractivity contribution < 1.29 is 9.18 Å². The summed E-state index contributed by atoms with van der Waals surface area (Å²) in [6.07, 6.45) is 0.821. The van der Waals surface area contributed by atoms with E-state index < -0.39 is 0 Å². The third kappa shape index (κ3) is 4.07. The first kappa shape index (κ1) is 14.5. The molecule has 0 saturated carbocycles. The van der Waals surface area contributed by atoms with Crippen LogP contribution in [0, 0.1) is 5.82 Å². The summed E-state index contributed by atoms with van der Waals surface area (Å²) in [4.78, 5) is 11.8. The van der Waals surface area contributed by atoms with E-state index in [9.17, 15) is 9.18 Å². The van der Waals surface area contributed by atoms with Gasteiger partial charge in [-0.2, -0.15) is 0 Å². The fourth-order valence-electron chi connectivity index (χ4n) is 1.88. The second kappa shape index (κ2) is 7.06. The summed E-state index contributed by atoms with van der Waals surface area (Å²) in [7, 11) is 0. The Kier molecular flexibility index (Phi) is 5.13. The van der Waals surface area contributed by atoms with Crippen LogP contribution in [0.3, 0.4) is 0 Å². The molecule has 0 fully saturated rings. The van der Waals surface area contributed by atoms with E-state index in [1.807, 2.05) is 24.3 Å². The van der Waals surface area contributed by atoms with Crippen LogP contribution in [-0.4, -0.2) is 11.8 Å². The third-order valence-electron chi connectivity index (χ3n) is 2.93. The minimum Gasteiger partial charge on any atom is -0.326 e. The van der Waals surface area contributed by atoms with Gasteiger partial charge in [0.05, 0.1) is 6.42 Å². The van der Waals surface area contributed by atoms with E-state index in [2.05, 4.69) is 5.32 Å². The average Bonchev–Trinajstić information content (AvgIpc) is 2.44. The van der Waals surface area contributed by atoms with Gasteiger partial charge in [0.2, 0.25) is 5.91 Å². The molecular formula is C16H15ClFNO. The van der Waals surface area contributed by atoms with Gasteiger partial charge < -0.3 is 5.32 Å². The Hall–Kier alpha value is -1.87. The maximum absolute atomic E-state index is 13.4. The molecule has 1 N–H and O–H groups in total. The SMILES string of the molecule is O=C(Cc1ccccc1F)Nc1ccc(CCCl)cc1. The largest absolute Gasteiger partial charge is 0.326 e. The number of alkyl halides is 1. The summed E-state index contributed by atoms with van der Waals surface area (Å²) >= 11 is 5.66. The van der Waals surface area contributed by atoms with Gasteiger partial charge in [0.1, 0.15) is 5.82 Å². The molecule has 1 amide bonds. The third-order valence-corrected chi connectivity index (χ3v) is 3.12. The Labute approximate surface area is 122 Å². The molecule has 0 saturated heterocycles. The zero-order chi connectivity index (χ0) is 14.4. The zero-order valence-corrected chi connectivity index (χ0v) is 11.7. The summed E-state index contributed by atoms with van der Waals surface area (Å²) in [5, 5.41) is 2.75. The summed E-state index contributed by atoms with van der Waals surface area (Å²) < 4.78 is 13.4. The molecule has 0 atom stereocenters. The summed E-state index contributed by atoms with van der Waals surface area (Å²) in [6.45, 7) is 0. The van der Waals surface area contributed by atoms with Crippen molar-refractivity contribution in [3.8, 4) is 0 Å². The maximum atomic E-state index is 13.4. The van der Waals surface area contributed by atoms with Crippen LogP contribution < -0.4 is 5.32 Å². The Balaban J connectivity index is 1.96. The lowest BCUT2D eigenvalue weighted by molar-refractivity contribution is -0.115. The molecule has 2 aromatic rings. The van der Waals surface area contributed by atoms with E-state index in [1.54, 1.807) is 18.2 Å². The van der Waals surface area contributed by atoms with Gasteiger partial charge in [0, 0.05) is 11.6 Å². The summed E-state index contributed by atoms with van der Waals surface area (Å²) in [6, 6.07) is 13.8. The lowest BCUT2D eigenvalue weighted by Crippen LogP contribution is -2.15.